The van der Waals surface area contributed by atoms with E-state index in [-0.39, 0.29) is 5.91 Å². The maximum Gasteiger partial charge on any atom is 0.272 e. The molecular weight excluding hydrogens is 344 g/mol. The van der Waals surface area contributed by atoms with Gasteiger partial charge in [-0.25, -0.2) is 5.43 Å². The summed E-state index contributed by atoms with van der Waals surface area (Å²) in [4.78, 5) is 19.2. The molecule has 0 atom stereocenters. The molecule has 2 heterocycles. The Balaban J connectivity index is 1.79. The average Bonchev–Trinajstić information content (AvgIpc) is 2.83. The predicted molar refractivity (Wildman–Crippen MR) is 90.0 cm³/mol. The summed E-state index contributed by atoms with van der Waals surface area (Å²) < 4.78 is 0.747. The van der Waals surface area contributed by atoms with E-state index in [1.807, 2.05) is 31.2 Å². The van der Waals surface area contributed by atoms with Crippen LogP contribution < -0.4 is 5.43 Å². The Morgan fingerprint density at radius 1 is 1.36 bits per heavy atom. The number of para-hydroxylation sites is 1. The fraction of sp³-hybridized carbons (Fsp3) is 0.0625. The van der Waals surface area contributed by atoms with E-state index in [4.69, 9.17) is 0 Å². The second kappa shape index (κ2) is 6.11. The number of aromatic nitrogens is 2. The minimum atomic E-state index is -0.303. The fourth-order valence-corrected chi connectivity index (χ4v) is 2.59. The second-order valence-electron chi connectivity index (χ2n) is 4.80. The molecule has 5 nitrogen and oxygen atoms in total. The average molecular weight is 357 g/mol. The van der Waals surface area contributed by atoms with Crippen molar-refractivity contribution in [1.29, 1.82) is 0 Å². The smallest absolute Gasteiger partial charge is 0.272 e. The number of halogens is 1. The topological polar surface area (TPSA) is 70.1 Å². The van der Waals surface area contributed by atoms with Crippen molar-refractivity contribution in [3.63, 3.8) is 0 Å². The van der Waals surface area contributed by atoms with Crippen molar-refractivity contribution in [3.8, 4) is 0 Å². The minimum absolute atomic E-state index is 0.303. The summed E-state index contributed by atoms with van der Waals surface area (Å²) in [6.07, 6.45) is 4.76. The maximum atomic E-state index is 12.0. The van der Waals surface area contributed by atoms with E-state index in [9.17, 15) is 4.79 Å². The molecule has 0 aliphatic rings. The highest BCUT2D eigenvalue weighted by atomic mass is 79.9. The van der Waals surface area contributed by atoms with Crippen LogP contribution in [0.1, 0.15) is 21.6 Å². The lowest BCUT2D eigenvalue weighted by Gasteiger charge is -1.99. The number of hydrogen-bond acceptors (Lipinski definition) is 3. The molecule has 0 spiro atoms. The zero-order valence-corrected chi connectivity index (χ0v) is 13.4. The van der Waals surface area contributed by atoms with Gasteiger partial charge in [-0.3, -0.25) is 9.78 Å². The standard InChI is InChI=1S/C16H13BrN4O/c1-10-14(13-4-2-3-5-15(13)20-10)9-19-21-16(22)11-6-12(17)8-18-7-11/h2-9,20H,1H3,(H,21,22)/b19-9-. The van der Waals surface area contributed by atoms with E-state index in [0.29, 0.717) is 5.56 Å². The zero-order chi connectivity index (χ0) is 15.5. The predicted octanol–water partition coefficient (Wildman–Crippen LogP) is 3.40. The van der Waals surface area contributed by atoms with Crippen LogP contribution in [0.25, 0.3) is 10.9 Å². The highest BCUT2D eigenvalue weighted by Gasteiger charge is 2.07. The number of H-pyrrole nitrogens is 1. The molecule has 3 rings (SSSR count). The maximum absolute atomic E-state index is 12.0. The Morgan fingerprint density at radius 2 is 2.18 bits per heavy atom. The second-order valence-corrected chi connectivity index (χ2v) is 5.72. The van der Waals surface area contributed by atoms with Crippen LogP contribution in [0.3, 0.4) is 0 Å². The van der Waals surface area contributed by atoms with Gasteiger partial charge in [0.05, 0.1) is 11.8 Å². The summed E-state index contributed by atoms with van der Waals surface area (Å²) >= 11 is 3.28. The van der Waals surface area contributed by atoms with Crippen molar-refractivity contribution in [2.45, 2.75) is 6.92 Å². The van der Waals surface area contributed by atoms with Crippen molar-refractivity contribution < 1.29 is 4.79 Å². The van der Waals surface area contributed by atoms with Crippen molar-refractivity contribution in [1.82, 2.24) is 15.4 Å². The molecule has 0 saturated carbocycles. The van der Waals surface area contributed by atoms with Gasteiger partial charge in [0.2, 0.25) is 0 Å². The molecule has 110 valence electrons. The van der Waals surface area contributed by atoms with E-state index in [2.05, 4.69) is 36.4 Å². The highest BCUT2D eigenvalue weighted by molar-refractivity contribution is 9.10. The van der Waals surface area contributed by atoms with E-state index >= 15 is 0 Å². The summed E-state index contributed by atoms with van der Waals surface area (Å²) in [6, 6.07) is 9.65. The number of rotatable bonds is 3. The van der Waals surface area contributed by atoms with Gasteiger partial charge >= 0.3 is 0 Å². The molecule has 0 unspecified atom stereocenters. The number of nitrogens with one attached hydrogen (secondary N) is 2. The van der Waals surface area contributed by atoms with Crippen LogP contribution >= 0.6 is 15.9 Å². The van der Waals surface area contributed by atoms with Gasteiger partial charge in [0, 0.05) is 39.0 Å². The van der Waals surface area contributed by atoms with Crippen LogP contribution in [0, 0.1) is 6.92 Å². The molecule has 2 aromatic heterocycles. The molecule has 1 amide bonds. The quantitative estimate of drug-likeness (QED) is 0.557. The molecule has 1 aromatic carbocycles. The van der Waals surface area contributed by atoms with Crippen LogP contribution in [-0.4, -0.2) is 22.1 Å². The molecular formula is C16H13BrN4O. The molecule has 0 saturated heterocycles. The number of hydrazone groups is 1. The van der Waals surface area contributed by atoms with Gasteiger partial charge in [0.1, 0.15) is 0 Å². The van der Waals surface area contributed by atoms with Crippen molar-refractivity contribution in [3.05, 3.63) is 64.0 Å². The van der Waals surface area contributed by atoms with E-state index in [1.54, 1.807) is 18.5 Å². The minimum Gasteiger partial charge on any atom is -0.358 e. The summed E-state index contributed by atoms with van der Waals surface area (Å²) in [5.41, 5.74) is 5.97. The van der Waals surface area contributed by atoms with Gasteiger partial charge in [-0.05, 0) is 35.0 Å². The molecule has 0 bridgehead atoms. The summed E-state index contributed by atoms with van der Waals surface area (Å²) in [5.74, 6) is -0.303. The van der Waals surface area contributed by atoms with Crippen LogP contribution in [-0.2, 0) is 0 Å². The number of aromatic amines is 1. The van der Waals surface area contributed by atoms with Crippen LogP contribution in [0.5, 0.6) is 0 Å². The van der Waals surface area contributed by atoms with Gasteiger partial charge in [-0.15, -0.1) is 0 Å². The van der Waals surface area contributed by atoms with Gasteiger partial charge < -0.3 is 4.98 Å². The number of nitrogens with zero attached hydrogens (tertiary/aromatic N) is 2. The van der Waals surface area contributed by atoms with Gasteiger partial charge in [0.25, 0.3) is 5.91 Å². The van der Waals surface area contributed by atoms with Crippen LogP contribution in [0.15, 0.2) is 52.3 Å². The number of amides is 1. The van der Waals surface area contributed by atoms with E-state index < -0.39 is 0 Å². The van der Waals surface area contributed by atoms with Crippen molar-refractivity contribution in [2.24, 2.45) is 5.10 Å². The first-order valence-corrected chi connectivity index (χ1v) is 7.46. The number of hydrogen-bond donors (Lipinski definition) is 2. The zero-order valence-electron chi connectivity index (χ0n) is 11.8. The summed E-state index contributed by atoms with van der Waals surface area (Å²) in [5, 5.41) is 5.11. The summed E-state index contributed by atoms with van der Waals surface area (Å²) in [6.45, 7) is 1.97. The first-order chi connectivity index (χ1) is 10.6. The third-order valence-corrected chi connectivity index (χ3v) is 3.70. The molecule has 0 fully saturated rings. The van der Waals surface area contributed by atoms with Crippen LogP contribution in [0.2, 0.25) is 0 Å². The van der Waals surface area contributed by atoms with Crippen molar-refractivity contribution >= 4 is 39.0 Å². The van der Waals surface area contributed by atoms with Crippen molar-refractivity contribution in [2.75, 3.05) is 0 Å². The lowest BCUT2D eigenvalue weighted by Crippen LogP contribution is -2.17. The molecule has 0 radical (unpaired) electrons. The van der Waals surface area contributed by atoms with Crippen LogP contribution in [0.4, 0.5) is 0 Å². The van der Waals surface area contributed by atoms with Gasteiger partial charge in [-0.2, -0.15) is 5.10 Å². The summed E-state index contributed by atoms with van der Waals surface area (Å²) in [7, 11) is 0. The number of aryl methyl sites for hydroxylation is 1. The Hall–Kier alpha value is -2.47. The molecule has 22 heavy (non-hydrogen) atoms. The Bertz CT molecular complexity index is 869. The van der Waals surface area contributed by atoms with Gasteiger partial charge in [-0.1, -0.05) is 18.2 Å². The Kier molecular flexibility index (Phi) is 4.02. The molecule has 2 N–H and O–H groups in total. The van der Waals surface area contributed by atoms with Gasteiger partial charge in [0.15, 0.2) is 0 Å². The number of pyridine rings is 1. The highest BCUT2D eigenvalue weighted by Crippen LogP contribution is 2.19. The first kappa shape index (κ1) is 14.5. The molecule has 6 heteroatoms. The lowest BCUT2D eigenvalue weighted by molar-refractivity contribution is 0.0954. The Labute approximate surface area is 135 Å². The SMILES string of the molecule is Cc1[nH]c2ccccc2c1/C=N\NC(=O)c1cncc(Br)c1. The molecule has 0 aliphatic carbocycles. The third-order valence-electron chi connectivity index (χ3n) is 3.27. The third kappa shape index (κ3) is 2.92. The Morgan fingerprint density at radius 3 is 3.00 bits per heavy atom. The first-order valence-electron chi connectivity index (χ1n) is 6.66. The lowest BCUT2D eigenvalue weighted by atomic mass is 10.1. The fourth-order valence-electron chi connectivity index (χ4n) is 2.22. The number of benzene rings is 1. The monoisotopic (exact) mass is 356 g/mol. The number of fused-ring (bicyclic) bond motifs is 1. The van der Waals surface area contributed by atoms with E-state index in [0.717, 1.165) is 26.6 Å². The van der Waals surface area contributed by atoms with E-state index in [1.165, 1.54) is 6.20 Å². The molecule has 3 aromatic rings. The number of carbonyl (C=O) groups excluding carboxylic acids is 1. The number of carbonyl (C=O) groups is 1. The molecule has 0 aliphatic heterocycles. The largest absolute Gasteiger partial charge is 0.358 e. The normalized spacial score (nSPS) is 11.2.